The molecule has 1 aromatic carbocycles. The number of rotatable bonds is 4. The average Bonchev–Trinajstić information content (AvgIpc) is 2.17. The Kier molecular flexibility index (Phi) is 3.64. The van der Waals surface area contributed by atoms with Crippen molar-refractivity contribution in [3.05, 3.63) is 30.3 Å². The molecular formula is C8H11N3O3S. The fraction of sp³-hybridized carbons (Fsp3) is 0.125. The zero-order chi connectivity index (χ0) is 11.3. The van der Waals surface area contributed by atoms with Gasteiger partial charge in [0.2, 0.25) is 10.0 Å². The molecule has 1 aromatic rings. The molecule has 0 radical (unpaired) electrons. The lowest BCUT2D eigenvalue weighted by Gasteiger charge is -2.06. The highest BCUT2D eigenvalue weighted by Crippen LogP contribution is 2.07. The molecule has 4 N–H and O–H groups in total. The van der Waals surface area contributed by atoms with Crippen molar-refractivity contribution in [1.82, 2.24) is 5.43 Å². The normalized spacial score (nSPS) is 10.7. The van der Waals surface area contributed by atoms with E-state index in [9.17, 15) is 13.2 Å². The zero-order valence-electron chi connectivity index (χ0n) is 7.80. The van der Waals surface area contributed by atoms with E-state index in [1.54, 1.807) is 35.8 Å². The van der Waals surface area contributed by atoms with Crippen LogP contribution in [0.1, 0.15) is 0 Å². The summed E-state index contributed by atoms with van der Waals surface area (Å²) in [4.78, 5) is 10.8. The van der Waals surface area contributed by atoms with Gasteiger partial charge in [0.15, 0.2) is 0 Å². The van der Waals surface area contributed by atoms with E-state index >= 15 is 0 Å². The first-order chi connectivity index (χ1) is 7.03. The molecule has 0 aliphatic rings. The number of hydrazine groups is 1. The molecule has 0 saturated carbocycles. The Hall–Kier alpha value is -1.60. The molecule has 0 saturated heterocycles. The molecule has 0 aliphatic carbocycles. The molecule has 0 fully saturated rings. The predicted octanol–water partition coefficient (Wildman–Crippen LogP) is -0.582. The number of carbonyl (C=O) groups excluding carboxylic acids is 1. The first kappa shape index (κ1) is 11.5. The first-order valence-corrected chi connectivity index (χ1v) is 5.74. The maximum absolute atomic E-state index is 11.3. The van der Waals surface area contributed by atoms with Gasteiger partial charge in [0.25, 0.3) is 5.91 Å². The van der Waals surface area contributed by atoms with Crippen LogP contribution in [0.5, 0.6) is 0 Å². The summed E-state index contributed by atoms with van der Waals surface area (Å²) >= 11 is 0. The number of sulfonamides is 1. The molecule has 0 unspecified atom stereocenters. The molecular weight excluding hydrogens is 218 g/mol. The van der Waals surface area contributed by atoms with Gasteiger partial charge in [0.1, 0.15) is 5.75 Å². The number of amides is 1. The van der Waals surface area contributed by atoms with Crippen molar-refractivity contribution in [2.45, 2.75) is 0 Å². The van der Waals surface area contributed by atoms with E-state index in [0.717, 1.165) is 0 Å². The molecule has 82 valence electrons. The molecule has 0 aromatic heterocycles. The maximum atomic E-state index is 11.3. The van der Waals surface area contributed by atoms with Crippen molar-refractivity contribution in [1.29, 1.82) is 0 Å². The lowest BCUT2D eigenvalue weighted by Crippen LogP contribution is -2.37. The Morgan fingerprint density at radius 2 is 1.87 bits per heavy atom. The summed E-state index contributed by atoms with van der Waals surface area (Å²) in [6, 6.07) is 8.28. The van der Waals surface area contributed by atoms with Gasteiger partial charge in [0.05, 0.1) is 0 Å². The Labute approximate surface area is 87.5 Å². The highest BCUT2D eigenvalue weighted by molar-refractivity contribution is 7.93. The minimum atomic E-state index is -3.69. The van der Waals surface area contributed by atoms with Gasteiger partial charge in [-0.15, -0.1) is 0 Å². The number of benzene rings is 1. The third kappa shape index (κ3) is 3.96. The second-order valence-electron chi connectivity index (χ2n) is 2.79. The molecule has 7 heteroatoms. The number of hydrogen-bond donors (Lipinski definition) is 3. The molecule has 15 heavy (non-hydrogen) atoms. The minimum Gasteiger partial charge on any atom is -0.293 e. The Morgan fingerprint density at radius 1 is 1.27 bits per heavy atom. The molecule has 0 bridgehead atoms. The van der Waals surface area contributed by atoms with Gasteiger partial charge in [0, 0.05) is 5.69 Å². The van der Waals surface area contributed by atoms with Crippen LogP contribution in [-0.2, 0) is 14.8 Å². The summed E-state index contributed by atoms with van der Waals surface area (Å²) in [6.45, 7) is 0. The van der Waals surface area contributed by atoms with Crippen LogP contribution in [0.3, 0.4) is 0 Å². The summed E-state index contributed by atoms with van der Waals surface area (Å²) in [5, 5.41) is 0. The Bertz CT molecular complexity index is 430. The summed E-state index contributed by atoms with van der Waals surface area (Å²) in [7, 11) is -3.69. The SMILES string of the molecule is NNC(=O)CS(=O)(=O)Nc1ccccc1. The smallest absolute Gasteiger partial charge is 0.250 e. The van der Waals surface area contributed by atoms with Crippen LogP contribution in [0.25, 0.3) is 0 Å². The predicted molar refractivity (Wildman–Crippen MR) is 56.2 cm³/mol. The van der Waals surface area contributed by atoms with Crippen molar-refractivity contribution in [3.8, 4) is 0 Å². The van der Waals surface area contributed by atoms with E-state index in [0.29, 0.717) is 5.69 Å². The lowest BCUT2D eigenvalue weighted by molar-refractivity contribution is -0.118. The van der Waals surface area contributed by atoms with Crippen LogP contribution in [0, 0.1) is 0 Å². The molecule has 1 amide bonds. The standard InChI is InChI=1S/C8H11N3O3S/c9-10-8(12)6-15(13,14)11-7-4-2-1-3-5-7/h1-5,11H,6,9H2,(H,10,12). The van der Waals surface area contributed by atoms with Crippen molar-refractivity contribution in [3.63, 3.8) is 0 Å². The summed E-state index contributed by atoms with van der Waals surface area (Å²) in [6.07, 6.45) is 0. The molecule has 0 aliphatic heterocycles. The minimum absolute atomic E-state index is 0.405. The molecule has 0 spiro atoms. The van der Waals surface area contributed by atoms with Crippen LogP contribution in [0.15, 0.2) is 30.3 Å². The van der Waals surface area contributed by atoms with E-state index in [1.165, 1.54) is 0 Å². The fourth-order valence-electron chi connectivity index (χ4n) is 0.936. The van der Waals surface area contributed by atoms with E-state index in [1.807, 2.05) is 0 Å². The van der Waals surface area contributed by atoms with Gasteiger partial charge in [-0.3, -0.25) is 14.9 Å². The summed E-state index contributed by atoms with van der Waals surface area (Å²) in [5.41, 5.74) is 2.15. The van der Waals surface area contributed by atoms with E-state index in [2.05, 4.69) is 4.72 Å². The topological polar surface area (TPSA) is 101 Å². The molecule has 6 nitrogen and oxygen atoms in total. The molecule has 0 atom stereocenters. The number of para-hydroxylation sites is 1. The van der Waals surface area contributed by atoms with E-state index in [-0.39, 0.29) is 0 Å². The largest absolute Gasteiger partial charge is 0.293 e. The second-order valence-corrected chi connectivity index (χ2v) is 4.52. The van der Waals surface area contributed by atoms with Crippen molar-refractivity contribution < 1.29 is 13.2 Å². The maximum Gasteiger partial charge on any atom is 0.250 e. The number of carbonyl (C=O) groups is 1. The summed E-state index contributed by atoms with van der Waals surface area (Å²) in [5.74, 6) is 3.32. The lowest BCUT2D eigenvalue weighted by atomic mass is 10.3. The number of hydrogen-bond acceptors (Lipinski definition) is 4. The molecule has 1 rings (SSSR count). The van der Waals surface area contributed by atoms with Crippen LogP contribution < -0.4 is 16.0 Å². The third-order valence-electron chi connectivity index (χ3n) is 1.53. The Balaban J connectivity index is 2.69. The van der Waals surface area contributed by atoms with Crippen LogP contribution in [-0.4, -0.2) is 20.1 Å². The highest BCUT2D eigenvalue weighted by Gasteiger charge is 2.15. The van der Waals surface area contributed by atoms with Gasteiger partial charge in [-0.1, -0.05) is 18.2 Å². The van der Waals surface area contributed by atoms with Crippen LogP contribution >= 0.6 is 0 Å². The first-order valence-electron chi connectivity index (χ1n) is 4.08. The second kappa shape index (κ2) is 4.76. The zero-order valence-corrected chi connectivity index (χ0v) is 8.62. The van der Waals surface area contributed by atoms with Gasteiger partial charge >= 0.3 is 0 Å². The third-order valence-corrected chi connectivity index (χ3v) is 2.72. The van der Waals surface area contributed by atoms with Gasteiger partial charge in [-0.2, -0.15) is 0 Å². The quantitative estimate of drug-likeness (QED) is 0.365. The van der Waals surface area contributed by atoms with Crippen LogP contribution in [0.4, 0.5) is 5.69 Å². The fourth-order valence-corrected chi connectivity index (χ4v) is 1.93. The van der Waals surface area contributed by atoms with E-state index in [4.69, 9.17) is 5.84 Å². The monoisotopic (exact) mass is 229 g/mol. The van der Waals surface area contributed by atoms with E-state index < -0.39 is 21.7 Å². The van der Waals surface area contributed by atoms with Gasteiger partial charge in [-0.25, -0.2) is 14.3 Å². The number of nitrogens with two attached hydrogens (primary N) is 1. The Morgan fingerprint density at radius 3 is 2.40 bits per heavy atom. The average molecular weight is 229 g/mol. The van der Waals surface area contributed by atoms with Gasteiger partial charge < -0.3 is 0 Å². The highest BCUT2D eigenvalue weighted by atomic mass is 32.2. The summed E-state index contributed by atoms with van der Waals surface area (Å²) < 4.78 is 24.9. The van der Waals surface area contributed by atoms with Crippen molar-refractivity contribution >= 4 is 21.6 Å². The van der Waals surface area contributed by atoms with Crippen molar-refractivity contribution in [2.75, 3.05) is 10.5 Å². The number of anilines is 1. The van der Waals surface area contributed by atoms with Gasteiger partial charge in [-0.05, 0) is 12.1 Å². The van der Waals surface area contributed by atoms with Crippen LogP contribution in [0.2, 0.25) is 0 Å². The number of nitrogens with one attached hydrogen (secondary N) is 2. The molecule has 0 heterocycles. The van der Waals surface area contributed by atoms with Crippen molar-refractivity contribution in [2.24, 2.45) is 5.84 Å².